The maximum atomic E-state index is 12.7. The molecule has 0 atom stereocenters. The molecule has 5 rings (SSSR count). The van der Waals surface area contributed by atoms with Crippen molar-refractivity contribution in [2.24, 2.45) is 7.05 Å². The number of amides is 1. The van der Waals surface area contributed by atoms with Gasteiger partial charge < -0.3 is 19.4 Å². The molecular weight excluding hydrogens is 412 g/mol. The van der Waals surface area contributed by atoms with E-state index in [1.807, 2.05) is 25.4 Å². The summed E-state index contributed by atoms with van der Waals surface area (Å²) in [5.74, 6) is 1.22. The molecule has 0 bridgehead atoms. The van der Waals surface area contributed by atoms with Crippen LogP contribution in [0.4, 0.5) is 11.8 Å². The van der Waals surface area contributed by atoms with Gasteiger partial charge in [0.1, 0.15) is 16.8 Å². The largest absolute Gasteiger partial charge is 0.494 e. The van der Waals surface area contributed by atoms with Crippen LogP contribution in [0.15, 0.2) is 36.7 Å². The number of rotatable bonds is 5. The van der Waals surface area contributed by atoms with Crippen LogP contribution in [0.25, 0.3) is 22.2 Å². The summed E-state index contributed by atoms with van der Waals surface area (Å²) in [5, 5.41) is 15.3. The Balaban J connectivity index is 1.40. The summed E-state index contributed by atoms with van der Waals surface area (Å²) in [6, 6.07) is 7.21. The lowest BCUT2D eigenvalue weighted by molar-refractivity contribution is 0.102. The zero-order valence-corrected chi connectivity index (χ0v) is 17.7. The number of hydrogen-bond donors (Lipinski definition) is 2. The molecule has 0 radical (unpaired) electrons. The third-order valence-corrected chi connectivity index (χ3v) is 5.29. The number of morpholine rings is 1. The smallest absolute Gasteiger partial charge is 0.278 e. The number of fused-ring (bicyclic) bond motifs is 1. The molecule has 1 aliphatic heterocycles. The molecule has 3 aromatic heterocycles. The Morgan fingerprint density at radius 1 is 1.19 bits per heavy atom. The Labute approximate surface area is 183 Å². The number of anilines is 2. The molecule has 1 aliphatic rings. The van der Waals surface area contributed by atoms with Crippen LogP contribution >= 0.6 is 0 Å². The first-order valence-corrected chi connectivity index (χ1v) is 10.2. The third-order valence-electron chi connectivity index (χ3n) is 5.29. The van der Waals surface area contributed by atoms with Crippen molar-refractivity contribution < 1.29 is 14.3 Å². The molecule has 1 aromatic carbocycles. The number of hydrogen-bond acceptors (Lipinski definition) is 8. The van der Waals surface area contributed by atoms with Gasteiger partial charge in [-0.3, -0.25) is 14.8 Å². The molecule has 0 unspecified atom stereocenters. The zero-order chi connectivity index (χ0) is 22.1. The number of benzene rings is 1. The first kappa shape index (κ1) is 19.9. The zero-order valence-electron chi connectivity index (χ0n) is 17.7. The molecule has 32 heavy (non-hydrogen) atoms. The van der Waals surface area contributed by atoms with Crippen LogP contribution in [-0.4, -0.2) is 69.3 Å². The molecule has 0 aliphatic carbocycles. The van der Waals surface area contributed by atoms with Crippen LogP contribution in [0.1, 0.15) is 10.5 Å². The van der Waals surface area contributed by atoms with E-state index in [9.17, 15) is 4.79 Å². The summed E-state index contributed by atoms with van der Waals surface area (Å²) in [6.07, 6.45) is 3.67. The number of aromatic amines is 1. The molecular formula is C21H22N8O3. The fourth-order valence-corrected chi connectivity index (χ4v) is 3.67. The summed E-state index contributed by atoms with van der Waals surface area (Å²) in [4.78, 5) is 22.5. The molecule has 2 N–H and O–H groups in total. The maximum absolute atomic E-state index is 12.7. The van der Waals surface area contributed by atoms with Crippen LogP contribution < -0.4 is 15.0 Å². The number of aryl methyl sites for hydroxylation is 1. The second-order valence-electron chi connectivity index (χ2n) is 7.36. The number of nitrogens with zero attached hydrogens (tertiary/aromatic N) is 6. The highest BCUT2D eigenvalue weighted by atomic mass is 16.5. The van der Waals surface area contributed by atoms with Gasteiger partial charge in [0, 0.05) is 37.5 Å². The second kappa shape index (κ2) is 8.27. The van der Waals surface area contributed by atoms with Crippen molar-refractivity contribution in [1.29, 1.82) is 0 Å². The fraction of sp³-hybridized carbons (Fsp3) is 0.286. The summed E-state index contributed by atoms with van der Waals surface area (Å²) in [6.45, 7) is 2.81. The van der Waals surface area contributed by atoms with Crippen LogP contribution in [-0.2, 0) is 11.8 Å². The first-order valence-electron chi connectivity index (χ1n) is 10.2. The summed E-state index contributed by atoms with van der Waals surface area (Å²) < 4.78 is 12.5. The molecule has 4 heterocycles. The molecule has 11 heteroatoms. The van der Waals surface area contributed by atoms with Crippen LogP contribution in [0.3, 0.4) is 0 Å². The van der Waals surface area contributed by atoms with Gasteiger partial charge in [-0.15, -0.1) is 10.2 Å². The molecule has 0 spiro atoms. The van der Waals surface area contributed by atoms with Crippen molar-refractivity contribution in [3.63, 3.8) is 0 Å². The Morgan fingerprint density at radius 2 is 2.03 bits per heavy atom. The van der Waals surface area contributed by atoms with Crippen LogP contribution in [0, 0.1) is 0 Å². The minimum Gasteiger partial charge on any atom is -0.494 e. The van der Waals surface area contributed by atoms with E-state index in [1.165, 1.54) is 0 Å². The van der Waals surface area contributed by atoms with Crippen molar-refractivity contribution >= 4 is 28.7 Å². The lowest BCUT2D eigenvalue weighted by atomic mass is 10.1. The van der Waals surface area contributed by atoms with Crippen LogP contribution in [0.2, 0.25) is 0 Å². The van der Waals surface area contributed by atoms with Crippen molar-refractivity contribution in [3.05, 3.63) is 42.4 Å². The highest BCUT2D eigenvalue weighted by Crippen LogP contribution is 2.33. The number of nitrogens with one attached hydrogen (secondary N) is 2. The SMILES string of the molecule is COc1ccc(-c2cnn(C)c2)c2nc(NC(=O)c3ccc(N4CCOCC4)nn3)[nH]c12. The quantitative estimate of drug-likeness (QED) is 0.488. The second-order valence-corrected chi connectivity index (χ2v) is 7.36. The van der Waals surface area contributed by atoms with E-state index in [2.05, 4.69) is 35.5 Å². The minimum absolute atomic E-state index is 0.196. The van der Waals surface area contributed by atoms with E-state index < -0.39 is 5.91 Å². The average Bonchev–Trinajstić information content (AvgIpc) is 3.45. The predicted octanol–water partition coefficient (Wildman–Crippen LogP) is 1.85. The third kappa shape index (κ3) is 3.73. The van der Waals surface area contributed by atoms with Gasteiger partial charge in [-0.1, -0.05) is 0 Å². The Kier molecular flexibility index (Phi) is 5.15. The van der Waals surface area contributed by atoms with Crippen molar-refractivity contribution in [2.75, 3.05) is 43.6 Å². The molecule has 164 valence electrons. The predicted molar refractivity (Wildman–Crippen MR) is 118 cm³/mol. The van der Waals surface area contributed by atoms with Crippen molar-refractivity contribution in [1.82, 2.24) is 29.9 Å². The number of carbonyl (C=O) groups excluding carboxylic acids is 1. The number of H-pyrrole nitrogens is 1. The fourth-order valence-electron chi connectivity index (χ4n) is 3.67. The molecule has 1 saturated heterocycles. The van der Waals surface area contributed by atoms with E-state index in [0.717, 1.165) is 30.0 Å². The van der Waals surface area contributed by atoms with Crippen LogP contribution in [0.5, 0.6) is 5.75 Å². The first-order chi connectivity index (χ1) is 15.6. The maximum Gasteiger partial charge on any atom is 0.278 e. The Bertz CT molecular complexity index is 1260. The topological polar surface area (TPSA) is 123 Å². The van der Waals surface area contributed by atoms with Gasteiger partial charge in [-0.2, -0.15) is 5.10 Å². The number of methoxy groups -OCH3 is 1. The monoisotopic (exact) mass is 434 g/mol. The number of carbonyl (C=O) groups is 1. The molecule has 4 aromatic rings. The van der Waals surface area contributed by atoms with E-state index in [0.29, 0.717) is 35.9 Å². The summed E-state index contributed by atoms with van der Waals surface area (Å²) in [5.41, 5.74) is 3.33. The average molecular weight is 434 g/mol. The Hall–Kier alpha value is -3.99. The Morgan fingerprint density at radius 3 is 2.72 bits per heavy atom. The number of ether oxygens (including phenoxy) is 2. The molecule has 1 amide bonds. The van der Waals surface area contributed by atoms with Gasteiger partial charge in [-0.25, -0.2) is 4.98 Å². The van der Waals surface area contributed by atoms with Gasteiger partial charge in [-0.05, 0) is 24.3 Å². The van der Waals surface area contributed by atoms with Crippen molar-refractivity contribution in [3.8, 4) is 16.9 Å². The standard InChI is InChI=1S/C21H22N8O3/c1-28-12-13(11-22-28)14-3-5-16(31-2)19-18(14)23-21(24-19)25-20(30)15-4-6-17(27-26-15)29-7-9-32-10-8-29/h3-6,11-12H,7-10H2,1-2H3,(H2,23,24,25,30). The van der Waals surface area contributed by atoms with Gasteiger partial charge in [0.05, 0.1) is 26.5 Å². The van der Waals surface area contributed by atoms with E-state index >= 15 is 0 Å². The van der Waals surface area contributed by atoms with Gasteiger partial charge in [0.15, 0.2) is 11.5 Å². The minimum atomic E-state index is -0.410. The molecule has 11 nitrogen and oxygen atoms in total. The van der Waals surface area contributed by atoms with E-state index in [-0.39, 0.29) is 5.69 Å². The van der Waals surface area contributed by atoms with Gasteiger partial charge in [0.2, 0.25) is 5.95 Å². The summed E-state index contributed by atoms with van der Waals surface area (Å²) >= 11 is 0. The van der Waals surface area contributed by atoms with Gasteiger partial charge in [0.25, 0.3) is 5.91 Å². The normalized spacial score (nSPS) is 14.0. The van der Waals surface area contributed by atoms with Gasteiger partial charge >= 0.3 is 0 Å². The lowest BCUT2D eigenvalue weighted by Crippen LogP contribution is -2.37. The summed E-state index contributed by atoms with van der Waals surface area (Å²) in [7, 11) is 3.44. The number of imidazole rings is 1. The highest BCUT2D eigenvalue weighted by molar-refractivity contribution is 6.04. The molecule has 0 saturated carbocycles. The van der Waals surface area contributed by atoms with Crippen molar-refractivity contribution in [2.45, 2.75) is 0 Å². The van der Waals surface area contributed by atoms with E-state index in [4.69, 9.17) is 9.47 Å². The lowest BCUT2D eigenvalue weighted by Gasteiger charge is -2.27. The highest BCUT2D eigenvalue weighted by Gasteiger charge is 2.18. The van der Waals surface area contributed by atoms with E-state index in [1.54, 1.807) is 30.1 Å². The number of aromatic nitrogens is 6. The molecule has 1 fully saturated rings.